The van der Waals surface area contributed by atoms with E-state index in [0.717, 1.165) is 16.6 Å². The van der Waals surface area contributed by atoms with Gasteiger partial charge >= 0.3 is 0 Å². The van der Waals surface area contributed by atoms with Crippen LogP contribution in [0, 0.1) is 0 Å². The highest BCUT2D eigenvalue weighted by Crippen LogP contribution is 2.20. The number of benzene rings is 3. The lowest BCUT2D eigenvalue weighted by molar-refractivity contribution is 0.787. The minimum absolute atomic E-state index is 0.0826. The molecular weight excluding hydrogens is 296 g/mol. The van der Waals surface area contributed by atoms with Crippen LogP contribution in [-0.4, -0.2) is 9.55 Å². The predicted octanol–water partition coefficient (Wildman–Crippen LogP) is 4.11. The van der Waals surface area contributed by atoms with Gasteiger partial charge in [-0.25, -0.2) is 4.98 Å². The molecule has 0 aliphatic heterocycles. The molecule has 0 aliphatic carbocycles. The maximum atomic E-state index is 12.2. The van der Waals surface area contributed by atoms with Gasteiger partial charge in [0, 0.05) is 0 Å². The molecule has 0 fully saturated rings. The molecule has 4 rings (SSSR count). The zero-order valence-electron chi connectivity index (χ0n) is 13.1. The normalized spacial score (nSPS) is 10.8. The molecule has 0 spiro atoms. The van der Waals surface area contributed by atoms with E-state index in [-0.39, 0.29) is 5.56 Å². The largest absolute Gasteiger partial charge is 0.301 e. The molecule has 0 radical (unpaired) electrons. The Morgan fingerprint density at radius 1 is 0.750 bits per heavy atom. The van der Waals surface area contributed by atoms with Crippen molar-refractivity contribution < 1.29 is 0 Å². The summed E-state index contributed by atoms with van der Waals surface area (Å²) in [6.45, 7) is 0.539. The zero-order valence-corrected chi connectivity index (χ0v) is 13.1. The van der Waals surface area contributed by atoms with Gasteiger partial charge in [-0.3, -0.25) is 4.79 Å². The number of fused-ring (bicyclic) bond motifs is 1. The SMILES string of the molecule is O=c1cnc2ccccc2n1Cc1ccc(-c2ccccc2)cc1. The summed E-state index contributed by atoms with van der Waals surface area (Å²) in [6.07, 6.45) is 1.39. The van der Waals surface area contributed by atoms with Crippen LogP contribution in [0.5, 0.6) is 0 Å². The molecule has 3 heteroatoms. The predicted molar refractivity (Wildman–Crippen MR) is 97.0 cm³/mol. The summed E-state index contributed by atoms with van der Waals surface area (Å²) in [4.78, 5) is 16.4. The van der Waals surface area contributed by atoms with Gasteiger partial charge in [0.05, 0.1) is 23.8 Å². The van der Waals surface area contributed by atoms with Crippen molar-refractivity contribution in [2.45, 2.75) is 6.54 Å². The van der Waals surface area contributed by atoms with Crippen molar-refractivity contribution in [3.8, 4) is 11.1 Å². The fourth-order valence-electron chi connectivity index (χ4n) is 2.89. The monoisotopic (exact) mass is 312 g/mol. The van der Waals surface area contributed by atoms with E-state index in [9.17, 15) is 4.79 Å². The van der Waals surface area contributed by atoms with Gasteiger partial charge in [0.25, 0.3) is 5.56 Å². The first kappa shape index (κ1) is 14.4. The molecule has 1 heterocycles. The fourth-order valence-corrected chi connectivity index (χ4v) is 2.89. The second-order valence-corrected chi connectivity index (χ2v) is 5.73. The van der Waals surface area contributed by atoms with E-state index in [1.807, 2.05) is 42.5 Å². The lowest BCUT2D eigenvalue weighted by Crippen LogP contribution is -2.21. The van der Waals surface area contributed by atoms with E-state index in [4.69, 9.17) is 0 Å². The minimum atomic E-state index is -0.0826. The van der Waals surface area contributed by atoms with Crippen molar-refractivity contribution in [2.24, 2.45) is 0 Å². The van der Waals surface area contributed by atoms with Crippen LogP contribution in [0.25, 0.3) is 22.2 Å². The molecular formula is C21H16N2O. The van der Waals surface area contributed by atoms with Gasteiger partial charge in [-0.15, -0.1) is 0 Å². The Balaban J connectivity index is 1.69. The Morgan fingerprint density at radius 2 is 1.42 bits per heavy atom. The van der Waals surface area contributed by atoms with Crippen molar-refractivity contribution in [1.29, 1.82) is 0 Å². The Hall–Kier alpha value is -3.20. The Bertz CT molecular complexity index is 1030. The molecule has 0 bridgehead atoms. The first-order valence-electron chi connectivity index (χ1n) is 7.90. The molecule has 116 valence electrons. The van der Waals surface area contributed by atoms with E-state index in [2.05, 4.69) is 41.4 Å². The van der Waals surface area contributed by atoms with Gasteiger partial charge < -0.3 is 4.57 Å². The summed E-state index contributed by atoms with van der Waals surface area (Å²) >= 11 is 0. The Kier molecular flexibility index (Phi) is 3.67. The summed E-state index contributed by atoms with van der Waals surface area (Å²) in [5, 5.41) is 0. The molecule has 0 N–H and O–H groups in total. The average Bonchev–Trinajstić information content (AvgIpc) is 2.65. The van der Waals surface area contributed by atoms with Crippen molar-refractivity contribution >= 4 is 11.0 Å². The fraction of sp³-hybridized carbons (Fsp3) is 0.0476. The third-order valence-electron chi connectivity index (χ3n) is 4.15. The topological polar surface area (TPSA) is 34.9 Å². The Morgan fingerprint density at radius 3 is 2.21 bits per heavy atom. The van der Waals surface area contributed by atoms with Gasteiger partial charge in [0.15, 0.2) is 0 Å². The summed E-state index contributed by atoms with van der Waals surface area (Å²) < 4.78 is 1.76. The summed E-state index contributed by atoms with van der Waals surface area (Å²) in [7, 11) is 0. The van der Waals surface area contributed by atoms with E-state index < -0.39 is 0 Å². The molecule has 24 heavy (non-hydrogen) atoms. The molecule has 0 saturated carbocycles. The van der Waals surface area contributed by atoms with E-state index in [1.165, 1.54) is 17.3 Å². The van der Waals surface area contributed by atoms with Crippen LogP contribution < -0.4 is 5.56 Å². The minimum Gasteiger partial charge on any atom is -0.301 e. The molecule has 1 aromatic heterocycles. The highest BCUT2D eigenvalue weighted by atomic mass is 16.1. The van der Waals surface area contributed by atoms with Gasteiger partial charge in [-0.2, -0.15) is 0 Å². The summed E-state index contributed by atoms with van der Waals surface area (Å²) in [5.74, 6) is 0. The van der Waals surface area contributed by atoms with E-state index in [1.54, 1.807) is 4.57 Å². The van der Waals surface area contributed by atoms with Crippen LogP contribution in [0.1, 0.15) is 5.56 Å². The molecule has 0 atom stereocenters. The standard InChI is InChI=1S/C21H16N2O/c24-21-14-22-19-8-4-5-9-20(19)23(21)15-16-10-12-18(13-11-16)17-6-2-1-3-7-17/h1-14H,15H2. The van der Waals surface area contributed by atoms with Gasteiger partial charge in [-0.1, -0.05) is 66.7 Å². The molecule has 0 amide bonds. The van der Waals surface area contributed by atoms with Gasteiger partial charge in [-0.05, 0) is 28.8 Å². The van der Waals surface area contributed by atoms with Crippen molar-refractivity contribution in [2.75, 3.05) is 0 Å². The smallest absolute Gasteiger partial charge is 0.269 e. The third kappa shape index (κ3) is 2.72. The average molecular weight is 312 g/mol. The van der Waals surface area contributed by atoms with Gasteiger partial charge in [0.1, 0.15) is 0 Å². The number of hydrogen-bond donors (Lipinski definition) is 0. The first-order chi connectivity index (χ1) is 11.8. The number of rotatable bonds is 3. The highest BCUT2D eigenvalue weighted by Gasteiger charge is 2.05. The van der Waals surface area contributed by atoms with Crippen LogP contribution in [-0.2, 0) is 6.54 Å². The zero-order chi connectivity index (χ0) is 16.4. The number of para-hydroxylation sites is 2. The lowest BCUT2D eigenvalue weighted by Gasteiger charge is -2.10. The quantitative estimate of drug-likeness (QED) is 0.570. The molecule has 0 aliphatic rings. The lowest BCUT2D eigenvalue weighted by atomic mass is 10.0. The molecule has 3 nitrogen and oxygen atoms in total. The number of aromatic nitrogens is 2. The number of nitrogens with zero attached hydrogens (tertiary/aromatic N) is 2. The summed E-state index contributed by atoms with van der Waals surface area (Å²) in [5.41, 5.74) is 5.06. The molecule has 3 aromatic carbocycles. The van der Waals surface area contributed by atoms with E-state index in [0.29, 0.717) is 6.54 Å². The van der Waals surface area contributed by atoms with Crippen molar-refractivity contribution in [3.05, 3.63) is 101 Å². The molecule has 0 unspecified atom stereocenters. The van der Waals surface area contributed by atoms with Crippen LogP contribution in [0.4, 0.5) is 0 Å². The third-order valence-corrected chi connectivity index (χ3v) is 4.15. The van der Waals surface area contributed by atoms with Crippen LogP contribution in [0.15, 0.2) is 89.9 Å². The molecule has 4 aromatic rings. The van der Waals surface area contributed by atoms with E-state index >= 15 is 0 Å². The maximum Gasteiger partial charge on any atom is 0.269 e. The highest BCUT2D eigenvalue weighted by molar-refractivity contribution is 5.74. The van der Waals surface area contributed by atoms with Gasteiger partial charge in [0.2, 0.25) is 0 Å². The first-order valence-corrected chi connectivity index (χ1v) is 7.90. The van der Waals surface area contributed by atoms with Crippen LogP contribution in [0.2, 0.25) is 0 Å². The number of hydrogen-bond acceptors (Lipinski definition) is 2. The van der Waals surface area contributed by atoms with Crippen molar-refractivity contribution in [3.63, 3.8) is 0 Å². The van der Waals surface area contributed by atoms with Crippen molar-refractivity contribution in [1.82, 2.24) is 9.55 Å². The summed E-state index contributed by atoms with van der Waals surface area (Å²) in [6, 6.07) is 26.3. The maximum absolute atomic E-state index is 12.2. The second kappa shape index (κ2) is 6.13. The second-order valence-electron chi connectivity index (χ2n) is 5.73. The van der Waals surface area contributed by atoms with Crippen LogP contribution >= 0.6 is 0 Å². The Labute approximate surface area is 139 Å². The van der Waals surface area contributed by atoms with Crippen LogP contribution in [0.3, 0.4) is 0 Å². The molecule has 0 saturated heterocycles.